The topological polar surface area (TPSA) is 13.1 Å². The Morgan fingerprint density at radius 3 is 2.45 bits per heavy atom. The first-order chi connectivity index (χ1) is 10.9. The van der Waals surface area contributed by atoms with Crippen LogP contribution in [0.25, 0.3) is 33.2 Å². The molecule has 4 rings (SSSR count). The van der Waals surface area contributed by atoms with Crippen molar-refractivity contribution >= 4 is 10.8 Å². The van der Waals surface area contributed by atoms with Gasteiger partial charge in [-0.1, -0.05) is 61.5 Å². The third-order valence-corrected chi connectivity index (χ3v) is 4.16. The van der Waals surface area contributed by atoms with Crippen LogP contribution in [0.15, 0.2) is 71.1 Å². The van der Waals surface area contributed by atoms with E-state index in [4.69, 9.17) is 4.42 Å². The summed E-state index contributed by atoms with van der Waals surface area (Å²) in [5.41, 5.74) is 3.74. The molecule has 2 aromatic rings. The van der Waals surface area contributed by atoms with Crippen LogP contribution in [0.4, 0.5) is 0 Å². The Balaban J connectivity index is 2.07. The summed E-state index contributed by atoms with van der Waals surface area (Å²) in [6.07, 6.45) is 2.06. The van der Waals surface area contributed by atoms with Crippen molar-refractivity contribution in [1.29, 1.82) is 0 Å². The van der Waals surface area contributed by atoms with Crippen LogP contribution in [-0.4, -0.2) is 0 Å². The van der Waals surface area contributed by atoms with Crippen LogP contribution in [0.1, 0.15) is 19.1 Å². The second kappa shape index (κ2) is 5.34. The van der Waals surface area contributed by atoms with Crippen molar-refractivity contribution in [3.8, 4) is 22.5 Å². The first-order valence-electron chi connectivity index (χ1n) is 7.86. The molecule has 0 aromatic heterocycles. The van der Waals surface area contributed by atoms with Gasteiger partial charge in [-0.05, 0) is 40.5 Å². The maximum absolute atomic E-state index is 6.15. The number of fused-ring (bicyclic) bond motifs is 3. The number of hydrogen-bond acceptors (Lipinski definition) is 1. The quantitative estimate of drug-likeness (QED) is 0.440. The van der Waals surface area contributed by atoms with Crippen molar-refractivity contribution in [2.75, 3.05) is 0 Å². The summed E-state index contributed by atoms with van der Waals surface area (Å²) in [5.74, 6) is 2.05. The van der Waals surface area contributed by atoms with Gasteiger partial charge in [0.1, 0.15) is 11.5 Å². The largest absolute Gasteiger partial charge is 0.461 e. The van der Waals surface area contributed by atoms with Crippen LogP contribution in [0, 0.1) is 0 Å². The molecule has 0 spiro atoms. The van der Waals surface area contributed by atoms with Gasteiger partial charge in [0.25, 0.3) is 0 Å². The highest BCUT2D eigenvalue weighted by molar-refractivity contribution is 6.06. The predicted molar refractivity (Wildman–Crippen MR) is 92.3 cm³/mol. The van der Waals surface area contributed by atoms with Gasteiger partial charge in [0.2, 0.25) is 0 Å². The molecule has 22 heavy (non-hydrogen) atoms. The first kappa shape index (κ1) is 13.1. The van der Waals surface area contributed by atoms with Crippen LogP contribution in [0.2, 0.25) is 0 Å². The Hall–Kier alpha value is -2.54. The number of aryl methyl sites for hydroxylation is 1. The number of hydrogen-bond donors (Lipinski definition) is 0. The van der Waals surface area contributed by atoms with Gasteiger partial charge in [0, 0.05) is 12.0 Å². The van der Waals surface area contributed by atoms with Crippen molar-refractivity contribution < 1.29 is 4.42 Å². The van der Waals surface area contributed by atoms with E-state index < -0.39 is 0 Å². The van der Waals surface area contributed by atoms with E-state index >= 15 is 0 Å². The summed E-state index contributed by atoms with van der Waals surface area (Å²) >= 11 is 0. The molecule has 2 aliphatic rings. The van der Waals surface area contributed by atoms with Gasteiger partial charge in [-0.2, -0.15) is 0 Å². The van der Waals surface area contributed by atoms with E-state index in [1.54, 1.807) is 0 Å². The maximum Gasteiger partial charge on any atom is 0.136 e. The first-order valence-corrected chi connectivity index (χ1v) is 7.86. The van der Waals surface area contributed by atoms with Crippen LogP contribution in [0.3, 0.4) is 0 Å². The summed E-state index contributed by atoms with van der Waals surface area (Å²) in [6, 6.07) is 23.5. The van der Waals surface area contributed by atoms with E-state index in [-0.39, 0.29) is 0 Å². The zero-order valence-corrected chi connectivity index (χ0v) is 12.7. The molecule has 1 heterocycles. The molecule has 0 amide bonds. The van der Waals surface area contributed by atoms with Gasteiger partial charge in [-0.15, -0.1) is 0 Å². The van der Waals surface area contributed by atoms with Gasteiger partial charge >= 0.3 is 0 Å². The molecule has 2 aromatic carbocycles. The van der Waals surface area contributed by atoms with Crippen molar-refractivity contribution in [2.24, 2.45) is 0 Å². The van der Waals surface area contributed by atoms with E-state index in [9.17, 15) is 0 Å². The van der Waals surface area contributed by atoms with Crippen molar-refractivity contribution in [3.05, 3.63) is 72.5 Å². The fraction of sp³-hybridized carbons (Fsp3) is 0.143. The van der Waals surface area contributed by atoms with Gasteiger partial charge in [-0.3, -0.25) is 0 Å². The molecule has 0 unspecified atom stereocenters. The minimum absolute atomic E-state index is 0.970. The molecular weight excluding hydrogens is 268 g/mol. The smallest absolute Gasteiger partial charge is 0.136 e. The average Bonchev–Trinajstić information content (AvgIpc) is 2.93. The molecule has 0 bridgehead atoms. The van der Waals surface area contributed by atoms with Crippen LogP contribution < -0.4 is 0 Å². The number of rotatable bonds is 3. The zero-order chi connectivity index (χ0) is 14.9. The monoisotopic (exact) mass is 286 g/mol. The maximum atomic E-state index is 6.15. The van der Waals surface area contributed by atoms with Gasteiger partial charge in [0.15, 0.2) is 0 Å². The molecule has 0 radical (unpaired) electrons. The lowest BCUT2D eigenvalue weighted by atomic mass is 9.97. The summed E-state index contributed by atoms with van der Waals surface area (Å²) in [6.45, 7) is 2.18. The van der Waals surface area contributed by atoms with Gasteiger partial charge in [-0.25, -0.2) is 0 Å². The van der Waals surface area contributed by atoms with E-state index in [1.165, 1.54) is 27.5 Å². The molecule has 0 N–H and O–H groups in total. The third-order valence-electron chi connectivity index (χ3n) is 4.16. The van der Waals surface area contributed by atoms with Crippen LogP contribution in [0.5, 0.6) is 0 Å². The van der Waals surface area contributed by atoms with Gasteiger partial charge < -0.3 is 4.42 Å². The van der Waals surface area contributed by atoms with E-state index in [1.807, 2.05) is 0 Å². The molecular formula is C21H18O. The molecule has 1 aliphatic carbocycles. The lowest BCUT2D eigenvalue weighted by molar-refractivity contribution is 0.504. The molecule has 0 atom stereocenters. The minimum atomic E-state index is 0.970. The Labute approximate surface area is 130 Å². The predicted octanol–water partition coefficient (Wildman–Crippen LogP) is 6.16. The second-order valence-electron chi connectivity index (χ2n) is 5.71. The summed E-state index contributed by atoms with van der Waals surface area (Å²) in [5, 5.41) is 2.51. The molecule has 0 fully saturated rings. The van der Waals surface area contributed by atoms with Crippen LogP contribution in [-0.2, 0) is 6.42 Å². The van der Waals surface area contributed by atoms with E-state index in [0.717, 1.165) is 24.4 Å². The van der Waals surface area contributed by atoms with Crippen molar-refractivity contribution in [3.63, 3.8) is 0 Å². The van der Waals surface area contributed by atoms with Crippen LogP contribution >= 0.6 is 0 Å². The fourth-order valence-corrected chi connectivity index (χ4v) is 3.17. The lowest BCUT2D eigenvalue weighted by Crippen LogP contribution is -1.90. The normalized spacial score (nSPS) is 11.3. The Kier molecular flexibility index (Phi) is 3.19. The molecule has 1 heteroatoms. The zero-order valence-electron chi connectivity index (χ0n) is 12.7. The summed E-state index contributed by atoms with van der Waals surface area (Å²) in [4.78, 5) is 0. The second-order valence-corrected chi connectivity index (χ2v) is 5.71. The number of benzene rings is 2. The fourth-order valence-electron chi connectivity index (χ4n) is 3.17. The van der Waals surface area contributed by atoms with E-state index in [0.29, 0.717) is 0 Å². The Bertz CT molecular complexity index is 886. The highest BCUT2D eigenvalue weighted by Crippen LogP contribution is 2.42. The third kappa shape index (κ3) is 2.10. The average molecular weight is 286 g/mol. The van der Waals surface area contributed by atoms with Crippen molar-refractivity contribution in [2.45, 2.75) is 19.8 Å². The highest BCUT2D eigenvalue weighted by atomic mass is 16.3. The standard InChI is InChI=1S/C21H18O/c1-2-8-17-14-19(15-9-4-3-5-10-15)21-18-12-7-6-11-16(18)13-20(21)22-17/h3-7,9-14H,2,8H2,1H3. The molecule has 1 aliphatic heterocycles. The minimum Gasteiger partial charge on any atom is -0.461 e. The van der Waals surface area contributed by atoms with E-state index in [2.05, 4.69) is 73.7 Å². The van der Waals surface area contributed by atoms with Crippen molar-refractivity contribution in [1.82, 2.24) is 0 Å². The molecule has 1 nitrogen and oxygen atoms in total. The highest BCUT2D eigenvalue weighted by Gasteiger charge is 2.18. The SMILES string of the molecule is CCCc1cc(-c2ccccc2)c2c3ccccc3cc-2o1. The summed E-state index contributed by atoms with van der Waals surface area (Å²) in [7, 11) is 0. The Morgan fingerprint density at radius 2 is 1.64 bits per heavy atom. The Morgan fingerprint density at radius 1 is 0.864 bits per heavy atom. The molecule has 108 valence electrons. The molecule has 0 saturated carbocycles. The molecule has 0 saturated heterocycles. The van der Waals surface area contributed by atoms with Gasteiger partial charge in [0.05, 0.1) is 0 Å². The summed E-state index contributed by atoms with van der Waals surface area (Å²) < 4.78 is 6.15. The lowest BCUT2D eigenvalue weighted by Gasteiger charge is -2.12.